The van der Waals surface area contributed by atoms with Crippen molar-refractivity contribution in [1.29, 1.82) is 0 Å². The van der Waals surface area contributed by atoms with Gasteiger partial charge in [-0.1, -0.05) is 6.42 Å². The maximum atomic E-state index is 12.7. The molecule has 2 aliphatic rings. The average Bonchev–Trinajstić information content (AvgIpc) is 2.62. The Morgan fingerprint density at radius 2 is 1.71 bits per heavy atom. The first-order valence-corrected chi connectivity index (χ1v) is 9.62. The average molecular weight is 353 g/mol. The van der Waals surface area contributed by atoms with Crippen LogP contribution in [0, 0.1) is 0 Å². The fraction of sp³-hybridized carbons (Fsp3) is 0.562. The maximum Gasteiger partial charge on any atom is 0.243 e. The molecule has 1 aromatic carbocycles. The smallest absolute Gasteiger partial charge is 0.243 e. The van der Waals surface area contributed by atoms with Gasteiger partial charge in [0.25, 0.3) is 0 Å². The summed E-state index contributed by atoms with van der Waals surface area (Å²) >= 11 is 0. The summed E-state index contributed by atoms with van der Waals surface area (Å²) in [6.07, 6.45) is 2.68. The molecule has 7 nitrogen and oxygen atoms in total. The molecule has 2 fully saturated rings. The molecule has 0 aliphatic carbocycles. The molecule has 8 heteroatoms. The molecule has 0 N–H and O–H groups in total. The predicted molar refractivity (Wildman–Crippen MR) is 86.4 cm³/mol. The van der Waals surface area contributed by atoms with Crippen LogP contribution in [0.3, 0.4) is 0 Å². The number of carboxylic acid groups (broad SMARTS) is 1. The van der Waals surface area contributed by atoms with Crippen molar-refractivity contribution in [3.63, 3.8) is 0 Å². The molecule has 2 aliphatic heterocycles. The predicted octanol–water partition coefficient (Wildman–Crippen LogP) is 0.0613. The molecule has 0 bridgehead atoms. The normalized spacial score (nSPS) is 20.1. The lowest BCUT2D eigenvalue weighted by Gasteiger charge is -2.31. The Labute approximate surface area is 141 Å². The Kier molecular flexibility index (Phi) is 5.07. The minimum Gasteiger partial charge on any atom is -0.545 e. The summed E-state index contributed by atoms with van der Waals surface area (Å²) in [5.41, 5.74) is 0.394. The molecule has 0 amide bonds. The van der Waals surface area contributed by atoms with E-state index in [9.17, 15) is 18.3 Å². The third-order valence-corrected chi connectivity index (χ3v) is 6.39. The van der Waals surface area contributed by atoms with Gasteiger partial charge in [0.05, 0.1) is 24.1 Å². The number of rotatable bonds is 4. The standard InChI is InChI=1S/C16H22N2O5S/c19-16(20)14-12-13(24(21,22)18-6-2-1-3-7-18)4-5-15(14)17-8-10-23-11-9-17/h4-5,12H,1-3,6-11H2,(H,19,20)/p-1. The third kappa shape index (κ3) is 3.40. The molecule has 0 spiro atoms. The first-order valence-electron chi connectivity index (χ1n) is 8.18. The van der Waals surface area contributed by atoms with Crippen molar-refractivity contribution in [1.82, 2.24) is 4.31 Å². The van der Waals surface area contributed by atoms with Gasteiger partial charge in [-0.05, 0) is 31.0 Å². The second-order valence-corrected chi connectivity index (χ2v) is 7.97. The number of carbonyl (C=O) groups is 1. The van der Waals surface area contributed by atoms with Crippen molar-refractivity contribution >= 4 is 21.7 Å². The number of piperidine rings is 1. The van der Waals surface area contributed by atoms with Gasteiger partial charge in [0, 0.05) is 37.4 Å². The van der Waals surface area contributed by atoms with E-state index < -0.39 is 16.0 Å². The van der Waals surface area contributed by atoms with E-state index in [4.69, 9.17) is 4.74 Å². The molecular weight excluding hydrogens is 332 g/mol. The van der Waals surface area contributed by atoms with Gasteiger partial charge in [-0.3, -0.25) is 0 Å². The van der Waals surface area contributed by atoms with Gasteiger partial charge in [-0.25, -0.2) is 8.42 Å². The third-order valence-electron chi connectivity index (χ3n) is 4.49. The number of hydrogen-bond acceptors (Lipinski definition) is 6. The van der Waals surface area contributed by atoms with E-state index in [1.165, 1.54) is 16.4 Å². The Bertz CT molecular complexity index is 707. The summed E-state index contributed by atoms with van der Waals surface area (Å²) < 4.78 is 32.2. The summed E-state index contributed by atoms with van der Waals surface area (Å²) in [5.74, 6) is -1.37. The summed E-state index contributed by atoms with van der Waals surface area (Å²) in [4.78, 5) is 13.4. The number of sulfonamides is 1. The van der Waals surface area contributed by atoms with Crippen molar-refractivity contribution < 1.29 is 23.1 Å². The second-order valence-electron chi connectivity index (χ2n) is 6.03. The Morgan fingerprint density at radius 1 is 1.04 bits per heavy atom. The zero-order chi connectivity index (χ0) is 17.2. The lowest BCUT2D eigenvalue weighted by atomic mass is 10.1. The van der Waals surface area contributed by atoms with Crippen LogP contribution in [0.2, 0.25) is 0 Å². The highest BCUT2D eigenvalue weighted by Crippen LogP contribution is 2.27. The van der Waals surface area contributed by atoms with Crippen LogP contribution < -0.4 is 10.0 Å². The molecule has 2 heterocycles. The molecule has 0 atom stereocenters. The molecule has 0 aromatic heterocycles. The Morgan fingerprint density at radius 3 is 2.33 bits per heavy atom. The lowest BCUT2D eigenvalue weighted by Crippen LogP contribution is -2.38. The SMILES string of the molecule is O=C([O-])c1cc(S(=O)(=O)N2CCCCC2)ccc1N1CCOCC1. The van der Waals surface area contributed by atoms with Gasteiger partial charge < -0.3 is 19.5 Å². The van der Waals surface area contributed by atoms with E-state index in [1.807, 2.05) is 4.90 Å². The first kappa shape index (κ1) is 17.2. The largest absolute Gasteiger partial charge is 0.545 e. The second kappa shape index (κ2) is 7.08. The molecule has 24 heavy (non-hydrogen) atoms. The number of carboxylic acids is 1. The quantitative estimate of drug-likeness (QED) is 0.760. The van der Waals surface area contributed by atoms with Gasteiger partial charge in [-0.2, -0.15) is 4.31 Å². The van der Waals surface area contributed by atoms with E-state index >= 15 is 0 Å². The maximum absolute atomic E-state index is 12.7. The highest BCUT2D eigenvalue weighted by Gasteiger charge is 2.27. The van der Waals surface area contributed by atoms with Crippen molar-refractivity contribution in [2.45, 2.75) is 24.2 Å². The molecule has 132 valence electrons. The molecule has 0 unspecified atom stereocenters. The van der Waals surface area contributed by atoms with Crippen LogP contribution >= 0.6 is 0 Å². The topological polar surface area (TPSA) is 90.0 Å². The van der Waals surface area contributed by atoms with Crippen LogP contribution in [0.5, 0.6) is 0 Å². The van der Waals surface area contributed by atoms with Crippen molar-refractivity contribution in [2.75, 3.05) is 44.3 Å². The first-order chi connectivity index (χ1) is 11.5. The molecule has 3 rings (SSSR count). The van der Waals surface area contributed by atoms with Crippen molar-refractivity contribution in [3.05, 3.63) is 23.8 Å². The molecule has 1 aromatic rings. The van der Waals surface area contributed by atoms with Crippen molar-refractivity contribution in [2.24, 2.45) is 0 Å². The van der Waals surface area contributed by atoms with Gasteiger partial charge in [0.15, 0.2) is 0 Å². The summed E-state index contributed by atoms with van der Waals surface area (Å²) in [7, 11) is -3.67. The number of benzene rings is 1. The van der Waals surface area contributed by atoms with Gasteiger partial charge >= 0.3 is 0 Å². The fourth-order valence-electron chi connectivity index (χ4n) is 3.17. The van der Waals surface area contributed by atoms with Crippen LogP contribution in [-0.2, 0) is 14.8 Å². The number of hydrogen-bond donors (Lipinski definition) is 0. The number of nitrogens with zero attached hydrogens (tertiary/aromatic N) is 2. The molecule has 0 saturated carbocycles. The highest BCUT2D eigenvalue weighted by atomic mass is 32.2. The lowest BCUT2D eigenvalue weighted by molar-refractivity contribution is -0.255. The van der Waals surface area contributed by atoms with E-state index in [0.717, 1.165) is 19.3 Å². The van der Waals surface area contributed by atoms with Crippen LogP contribution in [-0.4, -0.2) is 58.1 Å². The zero-order valence-electron chi connectivity index (χ0n) is 13.4. The zero-order valence-corrected chi connectivity index (χ0v) is 14.3. The van der Waals surface area contributed by atoms with Crippen LogP contribution in [0.4, 0.5) is 5.69 Å². The summed E-state index contributed by atoms with van der Waals surface area (Å²) in [6.45, 7) is 3.13. The summed E-state index contributed by atoms with van der Waals surface area (Å²) in [5, 5.41) is 11.5. The molecule has 2 saturated heterocycles. The van der Waals surface area contributed by atoms with Crippen LogP contribution in [0.25, 0.3) is 0 Å². The highest BCUT2D eigenvalue weighted by molar-refractivity contribution is 7.89. The monoisotopic (exact) mass is 353 g/mol. The fourth-order valence-corrected chi connectivity index (χ4v) is 4.72. The Balaban J connectivity index is 1.95. The van der Waals surface area contributed by atoms with Crippen LogP contribution in [0.15, 0.2) is 23.1 Å². The number of anilines is 1. The van der Waals surface area contributed by atoms with E-state index in [-0.39, 0.29) is 10.5 Å². The molecule has 0 radical (unpaired) electrons. The van der Waals surface area contributed by atoms with Gasteiger partial charge in [0.2, 0.25) is 10.0 Å². The van der Waals surface area contributed by atoms with E-state index in [1.54, 1.807) is 6.07 Å². The number of morpholine rings is 1. The number of aromatic carboxylic acids is 1. The van der Waals surface area contributed by atoms with Crippen molar-refractivity contribution in [3.8, 4) is 0 Å². The van der Waals surface area contributed by atoms with Crippen LogP contribution in [0.1, 0.15) is 29.6 Å². The minimum absolute atomic E-state index is 0.0145. The Hall–Kier alpha value is -1.64. The van der Waals surface area contributed by atoms with Gasteiger partial charge in [-0.15, -0.1) is 0 Å². The summed E-state index contributed by atoms with van der Waals surface area (Å²) in [6, 6.07) is 4.28. The van der Waals surface area contributed by atoms with Gasteiger partial charge in [0.1, 0.15) is 0 Å². The minimum atomic E-state index is -3.67. The number of carbonyl (C=O) groups excluding carboxylic acids is 1. The van der Waals surface area contributed by atoms with E-state index in [2.05, 4.69) is 0 Å². The number of ether oxygens (including phenoxy) is 1. The molecular formula is C16H21N2O5S-. The van der Waals surface area contributed by atoms with E-state index in [0.29, 0.717) is 45.1 Å².